The number of furan rings is 1. The maximum Gasteiger partial charge on any atom is 0.224 e. The van der Waals surface area contributed by atoms with Crippen LogP contribution in [0.1, 0.15) is 51.4 Å². The van der Waals surface area contributed by atoms with Gasteiger partial charge in [0, 0.05) is 30.5 Å². The van der Waals surface area contributed by atoms with E-state index < -0.39 is 24.2 Å². The zero-order valence-electron chi connectivity index (χ0n) is 22.8. The first-order valence-electron chi connectivity index (χ1n) is 13.4. The Balaban J connectivity index is 1.51. The monoisotopic (exact) mass is 525 g/mol. The molecule has 5 N–H and O–H groups in total. The van der Waals surface area contributed by atoms with Gasteiger partial charge in [0.05, 0.1) is 35.7 Å². The van der Waals surface area contributed by atoms with Crippen molar-refractivity contribution in [3.63, 3.8) is 0 Å². The standard InChI is InChI=1S/C28H39N5O5/c1-14-22(20-9-17-10-21(37-13-28(3,4)5)30-15(2)25(17)38-20)26(33-27(31-14)29-11-16-6-7-16)32-19-8-18(12-34)23(35)24(19)36/h9-10,16,18-19,23-24,34-36H,6-8,11-13H2,1-5H3,(H2,29,31,32,33)/t18-,19-,23-,24+/m1/s1. The molecule has 206 valence electrons. The SMILES string of the molecule is Cc1nc(NCC2CC2)nc(N[C@@H]2C[C@H](CO)[C@@H](O)[C@H]2O)c1-c1cc2cc(OCC(C)(C)C)nc(C)c2o1. The van der Waals surface area contributed by atoms with Gasteiger partial charge in [-0.05, 0) is 50.5 Å². The van der Waals surface area contributed by atoms with Crippen molar-refractivity contribution in [3.05, 3.63) is 23.5 Å². The van der Waals surface area contributed by atoms with Crippen molar-refractivity contribution in [1.29, 1.82) is 0 Å². The molecule has 10 heteroatoms. The molecule has 4 atom stereocenters. The van der Waals surface area contributed by atoms with E-state index in [1.54, 1.807) is 0 Å². The summed E-state index contributed by atoms with van der Waals surface area (Å²) in [5, 5.41) is 38.2. The van der Waals surface area contributed by atoms with Gasteiger partial charge in [0.2, 0.25) is 11.8 Å². The summed E-state index contributed by atoms with van der Waals surface area (Å²) in [6.45, 7) is 11.3. The van der Waals surface area contributed by atoms with Crippen LogP contribution in [0.3, 0.4) is 0 Å². The van der Waals surface area contributed by atoms with Crippen LogP contribution >= 0.6 is 0 Å². The Bertz CT molecular complexity index is 1300. The third-order valence-corrected chi connectivity index (χ3v) is 7.24. The van der Waals surface area contributed by atoms with Gasteiger partial charge in [0.1, 0.15) is 17.7 Å². The zero-order valence-corrected chi connectivity index (χ0v) is 22.8. The van der Waals surface area contributed by atoms with Gasteiger partial charge in [-0.2, -0.15) is 4.98 Å². The maximum atomic E-state index is 10.7. The fraction of sp³-hybridized carbons (Fsp3) is 0.607. The van der Waals surface area contributed by atoms with Gasteiger partial charge in [-0.3, -0.25) is 0 Å². The number of aliphatic hydroxyl groups excluding tert-OH is 3. The molecule has 0 spiro atoms. The highest BCUT2D eigenvalue weighted by Gasteiger charge is 2.41. The van der Waals surface area contributed by atoms with Gasteiger partial charge >= 0.3 is 0 Å². The number of aromatic nitrogens is 3. The Labute approximate surface area is 222 Å². The molecule has 2 aliphatic carbocycles. The zero-order chi connectivity index (χ0) is 27.2. The summed E-state index contributed by atoms with van der Waals surface area (Å²) in [5.41, 5.74) is 2.75. The predicted octanol–water partition coefficient (Wildman–Crippen LogP) is 3.66. The Morgan fingerprint density at radius 1 is 1.05 bits per heavy atom. The molecular formula is C28H39N5O5. The second-order valence-corrected chi connectivity index (χ2v) is 12.0. The minimum atomic E-state index is -1.04. The molecule has 3 aromatic heterocycles. The normalized spacial score (nSPS) is 23.7. The lowest BCUT2D eigenvalue weighted by Gasteiger charge is -2.21. The molecule has 2 aliphatic rings. The Morgan fingerprint density at radius 3 is 2.47 bits per heavy atom. The third kappa shape index (κ3) is 5.72. The van der Waals surface area contributed by atoms with Crippen LogP contribution in [-0.4, -0.2) is 68.3 Å². The van der Waals surface area contributed by atoms with E-state index in [1.807, 2.05) is 26.0 Å². The second kappa shape index (κ2) is 10.3. The van der Waals surface area contributed by atoms with Crippen LogP contribution in [0.4, 0.5) is 11.8 Å². The summed E-state index contributed by atoms with van der Waals surface area (Å²) < 4.78 is 12.2. The van der Waals surface area contributed by atoms with Gasteiger partial charge in [-0.1, -0.05) is 20.8 Å². The van der Waals surface area contributed by atoms with Crippen LogP contribution in [0.15, 0.2) is 16.5 Å². The molecule has 10 nitrogen and oxygen atoms in total. The lowest BCUT2D eigenvalue weighted by molar-refractivity contribution is 0.00446. The average Bonchev–Trinajstić information content (AvgIpc) is 3.53. The quantitative estimate of drug-likeness (QED) is 0.280. The van der Waals surface area contributed by atoms with Crippen molar-refractivity contribution < 1.29 is 24.5 Å². The Kier molecular flexibility index (Phi) is 7.23. The fourth-order valence-electron chi connectivity index (χ4n) is 4.90. The van der Waals surface area contributed by atoms with E-state index in [9.17, 15) is 15.3 Å². The summed E-state index contributed by atoms with van der Waals surface area (Å²) in [5.74, 6) is 2.35. The summed E-state index contributed by atoms with van der Waals surface area (Å²) in [6, 6.07) is 3.31. The van der Waals surface area contributed by atoms with Crippen molar-refractivity contribution in [1.82, 2.24) is 15.0 Å². The van der Waals surface area contributed by atoms with Gasteiger partial charge in [0.15, 0.2) is 5.58 Å². The molecule has 2 fully saturated rings. The first-order chi connectivity index (χ1) is 18.0. The van der Waals surface area contributed by atoms with Gasteiger partial charge in [0.25, 0.3) is 0 Å². The van der Waals surface area contributed by atoms with Gasteiger partial charge < -0.3 is 35.1 Å². The van der Waals surface area contributed by atoms with Crippen molar-refractivity contribution in [2.45, 2.75) is 72.1 Å². The van der Waals surface area contributed by atoms with Crippen LogP contribution in [0.25, 0.3) is 22.3 Å². The average molecular weight is 526 g/mol. The highest BCUT2D eigenvalue weighted by molar-refractivity contribution is 5.88. The van der Waals surface area contributed by atoms with Gasteiger partial charge in [-0.15, -0.1) is 0 Å². The molecule has 38 heavy (non-hydrogen) atoms. The fourth-order valence-corrected chi connectivity index (χ4v) is 4.90. The summed E-state index contributed by atoms with van der Waals surface area (Å²) in [4.78, 5) is 14.0. The number of ether oxygens (including phenoxy) is 1. The highest BCUT2D eigenvalue weighted by atomic mass is 16.5. The van der Waals surface area contributed by atoms with Crippen LogP contribution in [-0.2, 0) is 0 Å². The van der Waals surface area contributed by atoms with Crippen molar-refractivity contribution in [2.75, 3.05) is 30.4 Å². The molecule has 0 saturated heterocycles. The van der Waals surface area contributed by atoms with Gasteiger partial charge in [-0.25, -0.2) is 9.97 Å². The first-order valence-corrected chi connectivity index (χ1v) is 13.4. The number of fused-ring (bicyclic) bond motifs is 1. The molecule has 2 saturated carbocycles. The first kappa shape index (κ1) is 26.6. The molecule has 0 radical (unpaired) electrons. The summed E-state index contributed by atoms with van der Waals surface area (Å²) >= 11 is 0. The number of anilines is 2. The van der Waals surface area contributed by atoms with Crippen molar-refractivity contribution in [2.24, 2.45) is 17.3 Å². The van der Waals surface area contributed by atoms with Crippen LogP contribution in [0.2, 0.25) is 0 Å². The lowest BCUT2D eigenvalue weighted by Crippen LogP contribution is -2.35. The van der Waals surface area contributed by atoms with E-state index in [0.29, 0.717) is 64.9 Å². The molecule has 0 aromatic carbocycles. The number of nitrogens with one attached hydrogen (secondary N) is 2. The predicted molar refractivity (Wildman–Crippen MR) is 145 cm³/mol. The Morgan fingerprint density at radius 2 is 1.82 bits per heavy atom. The smallest absolute Gasteiger partial charge is 0.224 e. The molecule has 0 bridgehead atoms. The summed E-state index contributed by atoms with van der Waals surface area (Å²) in [6.07, 6.45) is 0.768. The molecule has 0 amide bonds. The number of aliphatic hydroxyl groups is 3. The van der Waals surface area contributed by atoms with E-state index >= 15 is 0 Å². The summed E-state index contributed by atoms with van der Waals surface area (Å²) in [7, 11) is 0. The number of pyridine rings is 1. The number of nitrogens with zero attached hydrogens (tertiary/aromatic N) is 3. The number of aryl methyl sites for hydroxylation is 2. The number of rotatable bonds is 9. The van der Waals surface area contributed by atoms with Crippen LogP contribution in [0.5, 0.6) is 5.88 Å². The second-order valence-electron chi connectivity index (χ2n) is 12.0. The lowest BCUT2D eigenvalue weighted by atomic mass is 9.99. The molecule has 5 rings (SSSR count). The van der Waals surface area contributed by atoms with E-state index in [-0.39, 0.29) is 12.0 Å². The van der Waals surface area contributed by atoms with Crippen LogP contribution in [0, 0.1) is 31.1 Å². The molecular weight excluding hydrogens is 486 g/mol. The number of hydrogen-bond donors (Lipinski definition) is 5. The van der Waals surface area contributed by atoms with Crippen molar-refractivity contribution in [3.8, 4) is 17.2 Å². The van der Waals surface area contributed by atoms with Crippen LogP contribution < -0.4 is 15.4 Å². The van der Waals surface area contributed by atoms with E-state index in [4.69, 9.17) is 19.1 Å². The minimum Gasteiger partial charge on any atom is -0.477 e. The topological polar surface area (TPSA) is 146 Å². The molecule has 3 heterocycles. The van der Waals surface area contributed by atoms with E-state index in [2.05, 4.69) is 36.4 Å². The minimum absolute atomic E-state index is 0.00379. The van der Waals surface area contributed by atoms with E-state index in [1.165, 1.54) is 12.8 Å². The molecule has 0 unspecified atom stereocenters. The Hall–Kier alpha value is -2.95. The molecule has 0 aliphatic heterocycles. The largest absolute Gasteiger partial charge is 0.477 e. The number of hydrogen-bond acceptors (Lipinski definition) is 10. The third-order valence-electron chi connectivity index (χ3n) is 7.24. The molecule has 3 aromatic rings. The highest BCUT2D eigenvalue weighted by Crippen LogP contribution is 2.38. The van der Waals surface area contributed by atoms with Crippen molar-refractivity contribution >= 4 is 22.7 Å². The maximum absolute atomic E-state index is 10.7. The van der Waals surface area contributed by atoms with E-state index in [0.717, 1.165) is 11.9 Å².